The number of carbonyl (C=O) groups is 2. The van der Waals surface area contributed by atoms with Crippen LogP contribution in [0.1, 0.15) is 48.9 Å². The van der Waals surface area contributed by atoms with Crippen LogP contribution in [0.2, 0.25) is 0 Å². The van der Waals surface area contributed by atoms with Crippen molar-refractivity contribution in [3.63, 3.8) is 0 Å². The van der Waals surface area contributed by atoms with E-state index in [0.717, 1.165) is 57.4 Å². The molecule has 1 aromatic rings. The van der Waals surface area contributed by atoms with Gasteiger partial charge in [-0.3, -0.25) is 9.59 Å². The van der Waals surface area contributed by atoms with Gasteiger partial charge in [0.15, 0.2) is 0 Å². The molecule has 3 fully saturated rings. The lowest BCUT2D eigenvalue weighted by atomic mass is 9.98. The normalized spacial score (nSPS) is 23.2. The van der Waals surface area contributed by atoms with Gasteiger partial charge < -0.3 is 15.0 Å². The molecule has 2 aliphatic carbocycles. The minimum absolute atomic E-state index is 0.0215. The lowest BCUT2D eigenvalue weighted by molar-refractivity contribution is -0.134. The number of nitrogens with zero attached hydrogens (tertiary/aromatic N) is 1. The Balaban J connectivity index is 1.29. The highest BCUT2D eigenvalue weighted by Gasteiger charge is 2.35. The first kappa shape index (κ1) is 16.4. The van der Waals surface area contributed by atoms with Gasteiger partial charge in [0.2, 0.25) is 5.91 Å². The van der Waals surface area contributed by atoms with E-state index < -0.39 is 0 Å². The van der Waals surface area contributed by atoms with Crippen LogP contribution in [0, 0.1) is 11.8 Å². The van der Waals surface area contributed by atoms with E-state index in [1.54, 1.807) is 0 Å². The topological polar surface area (TPSA) is 58.6 Å². The van der Waals surface area contributed by atoms with Crippen LogP contribution in [0.15, 0.2) is 24.3 Å². The van der Waals surface area contributed by atoms with E-state index in [1.165, 1.54) is 0 Å². The Morgan fingerprint density at radius 1 is 1.16 bits per heavy atom. The monoisotopic (exact) mass is 342 g/mol. The first-order valence-electron chi connectivity index (χ1n) is 9.51. The lowest BCUT2D eigenvalue weighted by Crippen LogP contribution is -2.42. The lowest BCUT2D eigenvalue weighted by Gasteiger charge is -2.32. The molecule has 2 saturated carbocycles. The Hall–Kier alpha value is -2.04. The van der Waals surface area contributed by atoms with Crippen LogP contribution in [-0.2, 0) is 4.79 Å². The maximum absolute atomic E-state index is 12.2. The molecule has 25 heavy (non-hydrogen) atoms. The molecule has 1 saturated heterocycles. The SMILES string of the molecule is O=C(NC1CC1)c1cccc(OC[C@@H]2CCCN(C(=O)C3CC3)C2)c1. The predicted molar refractivity (Wildman–Crippen MR) is 94.5 cm³/mol. The summed E-state index contributed by atoms with van der Waals surface area (Å²) in [6.07, 6.45) is 6.43. The fraction of sp³-hybridized carbons (Fsp3) is 0.600. The van der Waals surface area contributed by atoms with Crippen molar-refractivity contribution in [1.82, 2.24) is 10.2 Å². The van der Waals surface area contributed by atoms with Crippen molar-refractivity contribution in [1.29, 1.82) is 0 Å². The van der Waals surface area contributed by atoms with Gasteiger partial charge in [-0.2, -0.15) is 0 Å². The molecular formula is C20H26N2O3. The number of nitrogens with one attached hydrogen (secondary N) is 1. The smallest absolute Gasteiger partial charge is 0.251 e. The second-order valence-electron chi connectivity index (χ2n) is 7.65. The Kier molecular flexibility index (Phi) is 4.64. The van der Waals surface area contributed by atoms with E-state index in [2.05, 4.69) is 5.32 Å². The largest absolute Gasteiger partial charge is 0.493 e. The highest BCUT2D eigenvalue weighted by Crippen LogP contribution is 2.32. The standard InChI is InChI=1S/C20H26N2O3/c23-19(21-17-8-9-17)16-4-1-5-18(11-16)25-13-14-3-2-10-22(12-14)20(24)15-6-7-15/h1,4-5,11,14-15,17H,2-3,6-10,12-13H2,(H,21,23)/t14-/m1/s1. The average Bonchev–Trinajstić information content (AvgIpc) is 3.54. The summed E-state index contributed by atoms with van der Waals surface area (Å²) in [5, 5.41) is 3.00. The van der Waals surface area contributed by atoms with Crippen LogP contribution in [0.4, 0.5) is 0 Å². The van der Waals surface area contributed by atoms with Crippen molar-refractivity contribution < 1.29 is 14.3 Å². The first-order chi connectivity index (χ1) is 12.2. The van der Waals surface area contributed by atoms with Gasteiger partial charge >= 0.3 is 0 Å². The minimum Gasteiger partial charge on any atom is -0.493 e. The molecule has 2 amide bonds. The van der Waals surface area contributed by atoms with Gasteiger partial charge in [0.05, 0.1) is 6.61 Å². The van der Waals surface area contributed by atoms with Crippen molar-refractivity contribution in [2.24, 2.45) is 11.8 Å². The van der Waals surface area contributed by atoms with Crippen LogP contribution in [-0.4, -0.2) is 42.5 Å². The summed E-state index contributed by atoms with van der Waals surface area (Å²) in [5.41, 5.74) is 0.651. The Morgan fingerprint density at radius 2 is 2.00 bits per heavy atom. The van der Waals surface area contributed by atoms with E-state index in [1.807, 2.05) is 29.2 Å². The molecule has 1 aromatic carbocycles. The summed E-state index contributed by atoms with van der Waals surface area (Å²) >= 11 is 0. The van der Waals surface area contributed by atoms with Gasteiger partial charge in [-0.05, 0) is 56.7 Å². The average molecular weight is 342 g/mol. The maximum Gasteiger partial charge on any atom is 0.251 e. The zero-order valence-corrected chi connectivity index (χ0v) is 14.6. The molecule has 5 nitrogen and oxygen atoms in total. The molecule has 1 aliphatic heterocycles. The summed E-state index contributed by atoms with van der Waals surface area (Å²) in [4.78, 5) is 26.4. The summed E-state index contributed by atoms with van der Waals surface area (Å²) in [7, 11) is 0. The summed E-state index contributed by atoms with van der Waals surface area (Å²) in [5.74, 6) is 1.71. The second-order valence-corrected chi connectivity index (χ2v) is 7.65. The number of rotatable bonds is 6. The van der Waals surface area contributed by atoms with Gasteiger partial charge in [0.1, 0.15) is 5.75 Å². The zero-order chi connectivity index (χ0) is 17.2. The number of likely N-dealkylation sites (tertiary alicyclic amines) is 1. The van der Waals surface area contributed by atoms with Gasteiger partial charge in [-0.1, -0.05) is 6.07 Å². The predicted octanol–water partition coefficient (Wildman–Crippen LogP) is 2.61. The highest BCUT2D eigenvalue weighted by atomic mass is 16.5. The number of piperidine rings is 1. The molecule has 134 valence electrons. The van der Waals surface area contributed by atoms with E-state index in [-0.39, 0.29) is 5.91 Å². The molecule has 0 unspecified atom stereocenters. The van der Waals surface area contributed by atoms with Gasteiger partial charge in [-0.15, -0.1) is 0 Å². The number of hydrogen-bond acceptors (Lipinski definition) is 3. The molecule has 3 aliphatic rings. The Bertz CT molecular complexity index is 652. The number of amides is 2. The van der Waals surface area contributed by atoms with Crippen LogP contribution < -0.4 is 10.1 Å². The number of hydrogen-bond donors (Lipinski definition) is 1. The number of benzene rings is 1. The molecule has 0 aromatic heterocycles. The van der Waals surface area contributed by atoms with Crippen molar-refractivity contribution in [2.75, 3.05) is 19.7 Å². The van der Waals surface area contributed by atoms with Crippen molar-refractivity contribution in [3.8, 4) is 5.75 Å². The fourth-order valence-electron chi connectivity index (χ4n) is 3.43. The molecule has 0 spiro atoms. The van der Waals surface area contributed by atoms with Gasteiger partial charge in [0.25, 0.3) is 5.91 Å². The van der Waals surface area contributed by atoms with E-state index >= 15 is 0 Å². The van der Waals surface area contributed by atoms with Crippen molar-refractivity contribution >= 4 is 11.8 Å². The van der Waals surface area contributed by atoms with E-state index in [4.69, 9.17) is 4.74 Å². The number of ether oxygens (including phenoxy) is 1. The molecule has 1 atom stereocenters. The first-order valence-corrected chi connectivity index (χ1v) is 9.51. The van der Waals surface area contributed by atoms with Crippen LogP contribution in [0.3, 0.4) is 0 Å². The quantitative estimate of drug-likeness (QED) is 0.864. The van der Waals surface area contributed by atoms with Crippen LogP contribution in [0.5, 0.6) is 5.75 Å². The third kappa shape index (κ3) is 4.33. The summed E-state index contributed by atoms with van der Waals surface area (Å²) < 4.78 is 5.94. The Morgan fingerprint density at radius 3 is 2.76 bits per heavy atom. The zero-order valence-electron chi connectivity index (χ0n) is 14.6. The molecule has 1 N–H and O–H groups in total. The molecule has 0 bridgehead atoms. The van der Waals surface area contributed by atoms with Crippen LogP contribution >= 0.6 is 0 Å². The molecule has 5 heteroatoms. The summed E-state index contributed by atoms with van der Waals surface area (Å²) in [6.45, 7) is 2.29. The minimum atomic E-state index is -0.0215. The molecular weight excluding hydrogens is 316 g/mol. The molecule has 0 radical (unpaired) electrons. The maximum atomic E-state index is 12.2. The summed E-state index contributed by atoms with van der Waals surface area (Å²) in [6, 6.07) is 7.74. The Labute approximate surface area is 148 Å². The molecule has 4 rings (SSSR count). The molecule has 1 heterocycles. The second kappa shape index (κ2) is 7.06. The van der Waals surface area contributed by atoms with Crippen molar-refractivity contribution in [2.45, 2.75) is 44.6 Å². The van der Waals surface area contributed by atoms with E-state index in [0.29, 0.717) is 36.0 Å². The van der Waals surface area contributed by atoms with Gasteiger partial charge in [0, 0.05) is 36.5 Å². The third-order valence-electron chi connectivity index (χ3n) is 5.25. The fourth-order valence-corrected chi connectivity index (χ4v) is 3.43. The van der Waals surface area contributed by atoms with Gasteiger partial charge in [-0.25, -0.2) is 0 Å². The van der Waals surface area contributed by atoms with Crippen LogP contribution in [0.25, 0.3) is 0 Å². The number of carbonyl (C=O) groups excluding carboxylic acids is 2. The third-order valence-corrected chi connectivity index (χ3v) is 5.25. The van der Waals surface area contributed by atoms with E-state index in [9.17, 15) is 9.59 Å². The highest BCUT2D eigenvalue weighted by molar-refractivity contribution is 5.94. The van der Waals surface area contributed by atoms with Crippen molar-refractivity contribution in [3.05, 3.63) is 29.8 Å².